The molecule has 0 saturated carbocycles. The van der Waals surface area contributed by atoms with Crippen molar-refractivity contribution < 1.29 is 9.63 Å². The summed E-state index contributed by atoms with van der Waals surface area (Å²) >= 11 is 0. The number of H-pyrrole nitrogens is 2. The number of rotatable bonds is 3. The van der Waals surface area contributed by atoms with Gasteiger partial charge in [0.25, 0.3) is 0 Å². The predicted octanol–water partition coefficient (Wildman–Crippen LogP) is 2.33. The van der Waals surface area contributed by atoms with Crippen molar-refractivity contribution in [1.29, 1.82) is 0 Å². The van der Waals surface area contributed by atoms with Crippen molar-refractivity contribution in [3.63, 3.8) is 0 Å². The molecule has 4 rings (SSSR count). The van der Waals surface area contributed by atoms with E-state index in [4.69, 9.17) is 4.84 Å². The van der Waals surface area contributed by atoms with E-state index in [9.17, 15) is 4.79 Å². The molecule has 8 nitrogen and oxygen atoms in total. The first kappa shape index (κ1) is 13.3. The van der Waals surface area contributed by atoms with Gasteiger partial charge in [0.15, 0.2) is 0 Å². The van der Waals surface area contributed by atoms with Crippen molar-refractivity contribution in [3.8, 4) is 0 Å². The molecule has 0 saturated heterocycles. The van der Waals surface area contributed by atoms with Crippen LogP contribution in [0.5, 0.6) is 0 Å². The van der Waals surface area contributed by atoms with Crippen molar-refractivity contribution >= 4 is 33.6 Å². The number of aromatic nitrogens is 5. The molecular formula is C15H12N6O2. The third-order valence-corrected chi connectivity index (χ3v) is 3.64. The van der Waals surface area contributed by atoms with Crippen LogP contribution in [0.1, 0.15) is 16.1 Å². The topological polar surface area (TPSA) is 109 Å². The number of fused-ring (bicyclic) bond motifs is 2. The van der Waals surface area contributed by atoms with E-state index in [0.29, 0.717) is 17.0 Å². The molecule has 0 unspecified atom stereocenters. The Balaban J connectivity index is 1.55. The molecule has 0 atom stereocenters. The molecule has 0 radical (unpaired) electrons. The fourth-order valence-corrected chi connectivity index (χ4v) is 2.42. The second kappa shape index (κ2) is 5.09. The normalized spacial score (nSPS) is 11.0. The zero-order valence-corrected chi connectivity index (χ0v) is 12.1. The number of hydrogen-bond donors (Lipinski definition) is 3. The molecule has 4 aromatic rings. The molecule has 0 aliphatic carbocycles. The van der Waals surface area contributed by atoms with Gasteiger partial charge in [0.2, 0.25) is 0 Å². The van der Waals surface area contributed by atoms with Gasteiger partial charge in [-0.15, -0.1) is 0 Å². The molecule has 0 fully saturated rings. The highest BCUT2D eigenvalue weighted by atomic mass is 16.7. The van der Waals surface area contributed by atoms with E-state index in [-0.39, 0.29) is 0 Å². The van der Waals surface area contributed by atoms with Crippen LogP contribution in [0.2, 0.25) is 0 Å². The second-order valence-corrected chi connectivity index (χ2v) is 5.07. The minimum absolute atomic E-state index is 0.345. The van der Waals surface area contributed by atoms with Crippen LogP contribution in [-0.2, 0) is 4.84 Å². The minimum atomic E-state index is -0.521. The second-order valence-electron chi connectivity index (χ2n) is 5.07. The molecule has 8 heteroatoms. The molecule has 3 N–H and O–H groups in total. The molecule has 3 aromatic heterocycles. The summed E-state index contributed by atoms with van der Waals surface area (Å²) in [4.78, 5) is 28.4. The van der Waals surface area contributed by atoms with E-state index in [0.717, 1.165) is 21.9 Å². The van der Waals surface area contributed by atoms with Gasteiger partial charge in [0.05, 0.1) is 17.4 Å². The van der Waals surface area contributed by atoms with Gasteiger partial charge in [-0.1, -0.05) is 0 Å². The fourth-order valence-electron chi connectivity index (χ4n) is 2.42. The zero-order valence-electron chi connectivity index (χ0n) is 12.1. The van der Waals surface area contributed by atoms with Crippen LogP contribution < -0.4 is 5.48 Å². The molecule has 0 aliphatic heterocycles. The van der Waals surface area contributed by atoms with Crippen LogP contribution in [0.25, 0.3) is 21.9 Å². The predicted molar refractivity (Wildman–Crippen MR) is 83.8 cm³/mol. The monoisotopic (exact) mass is 308 g/mol. The smallest absolute Gasteiger partial charge is 0.336 e. The molecule has 0 amide bonds. The van der Waals surface area contributed by atoms with E-state index in [1.54, 1.807) is 18.5 Å². The molecule has 0 bridgehead atoms. The summed E-state index contributed by atoms with van der Waals surface area (Å²) < 4.78 is 0. The van der Waals surface area contributed by atoms with Crippen molar-refractivity contribution in [1.82, 2.24) is 25.1 Å². The molecule has 0 spiro atoms. The number of benzene rings is 1. The number of nitrogens with zero attached hydrogens (tertiary/aromatic N) is 3. The number of carbonyl (C=O) groups excluding carboxylic acids is 1. The summed E-state index contributed by atoms with van der Waals surface area (Å²) in [5.74, 6) is -0.521. The number of carbonyl (C=O) groups is 1. The van der Waals surface area contributed by atoms with E-state index >= 15 is 0 Å². The Morgan fingerprint density at radius 3 is 3.09 bits per heavy atom. The van der Waals surface area contributed by atoms with Crippen LogP contribution >= 0.6 is 0 Å². The SMILES string of the molecule is Cc1c(C(=O)ONc2ccc3[nH]ncc3c2)[nH]c2ncncc12. The lowest BCUT2D eigenvalue weighted by atomic mass is 10.2. The Morgan fingerprint density at radius 2 is 2.22 bits per heavy atom. The lowest BCUT2D eigenvalue weighted by Gasteiger charge is -2.06. The summed E-state index contributed by atoms with van der Waals surface area (Å²) in [6.45, 7) is 1.82. The molecule has 114 valence electrons. The summed E-state index contributed by atoms with van der Waals surface area (Å²) in [6.07, 6.45) is 4.78. The number of anilines is 1. The van der Waals surface area contributed by atoms with Gasteiger partial charge >= 0.3 is 5.97 Å². The van der Waals surface area contributed by atoms with Crippen molar-refractivity contribution in [2.45, 2.75) is 6.92 Å². The maximum absolute atomic E-state index is 12.2. The molecular weight excluding hydrogens is 296 g/mol. The van der Waals surface area contributed by atoms with E-state index in [2.05, 4.69) is 30.6 Å². The summed E-state index contributed by atoms with van der Waals surface area (Å²) in [5.41, 5.74) is 5.91. The van der Waals surface area contributed by atoms with Gasteiger partial charge < -0.3 is 9.82 Å². The Kier molecular flexibility index (Phi) is 2.94. The number of aryl methyl sites for hydroxylation is 1. The Labute approximate surface area is 129 Å². The van der Waals surface area contributed by atoms with Gasteiger partial charge in [-0.05, 0) is 30.7 Å². The van der Waals surface area contributed by atoms with E-state index < -0.39 is 5.97 Å². The number of hydrogen-bond acceptors (Lipinski definition) is 6. The van der Waals surface area contributed by atoms with Gasteiger partial charge in [0.1, 0.15) is 17.7 Å². The van der Waals surface area contributed by atoms with E-state index in [1.165, 1.54) is 6.33 Å². The van der Waals surface area contributed by atoms with Crippen LogP contribution in [0.15, 0.2) is 36.9 Å². The summed E-state index contributed by atoms with van der Waals surface area (Å²) in [5, 5.41) is 8.51. The Hall–Kier alpha value is -3.42. The lowest BCUT2D eigenvalue weighted by Crippen LogP contribution is -2.12. The minimum Gasteiger partial charge on any atom is -0.336 e. The largest absolute Gasteiger partial charge is 0.379 e. The van der Waals surface area contributed by atoms with Crippen LogP contribution in [-0.4, -0.2) is 31.1 Å². The first-order valence-corrected chi connectivity index (χ1v) is 6.91. The Morgan fingerprint density at radius 1 is 1.30 bits per heavy atom. The Bertz CT molecular complexity index is 1020. The highest BCUT2D eigenvalue weighted by molar-refractivity contribution is 5.97. The van der Waals surface area contributed by atoms with Gasteiger partial charge in [0, 0.05) is 17.0 Å². The van der Waals surface area contributed by atoms with Crippen LogP contribution in [0, 0.1) is 6.92 Å². The molecule has 0 aliphatic rings. The van der Waals surface area contributed by atoms with Gasteiger partial charge in [-0.3, -0.25) is 5.10 Å². The van der Waals surface area contributed by atoms with Crippen molar-refractivity contribution in [3.05, 3.63) is 48.2 Å². The summed E-state index contributed by atoms with van der Waals surface area (Å²) in [7, 11) is 0. The fraction of sp³-hybridized carbons (Fsp3) is 0.0667. The maximum Gasteiger partial charge on any atom is 0.379 e. The maximum atomic E-state index is 12.2. The van der Waals surface area contributed by atoms with Crippen LogP contribution in [0.4, 0.5) is 5.69 Å². The van der Waals surface area contributed by atoms with Crippen molar-refractivity contribution in [2.24, 2.45) is 0 Å². The highest BCUT2D eigenvalue weighted by Crippen LogP contribution is 2.20. The van der Waals surface area contributed by atoms with Gasteiger partial charge in [-0.25, -0.2) is 20.2 Å². The van der Waals surface area contributed by atoms with Crippen molar-refractivity contribution in [2.75, 3.05) is 5.48 Å². The third-order valence-electron chi connectivity index (χ3n) is 3.64. The van der Waals surface area contributed by atoms with Gasteiger partial charge in [-0.2, -0.15) is 5.10 Å². The lowest BCUT2D eigenvalue weighted by molar-refractivity contribution is 0.0590. The van der Waals surface area contributed by atoms with Crippen LogP contribution in [0.3, 0.4) is 0 Å². The first-order chi connectivity index (χ1) is 11.2. The average molecular weight is 308 g/mol. The number of aromatic amines is 2. The first-order valence-electron chi connectivity index (χ1n) is 6.91. The number of nitrogens with one attached hydrogen (secondary N) is 3. The molecule has 1 aromatic carbocycles. The summed E-state index contributed by atoms with van der Waals surface area (Å²) in [6, 6.07) is 5.47. The quantitative estimate of drug-likeness (QED) is 0.501. The van der Waals surface area contributed by atoms with E-state index in [1.807, 2.05) is 19.1 Å². The third kappa shape index (κ3) is 2.26. The zero-order chi connectivity index (χ0) is 15.8. The molecule has 3 heterocycles. The highest BCUT2D eigenvalue weighted by Gasteiger charge is 2.17. The molecule has 23 heavy (non-hydrogen) atoms. The standard InChI is InChI=1S/C15H12N6O2/c1-8-11-6-16-7-17-14(11)19-13(8)15(22)23-21-10-2-3-12-9(4-10)5-18-20-12/h2-7,21H,1H3,(H,18,20)(H,16,17,19). The average Bonchev–Trinajstić information content (AvgIpc) is 3.17.